The lowest BCUT2D eigenvalue weighted by Crippen LogP contribution is -2.44. The Morgan fingerprint density at radius 1 is 1.04 bits per heavy atom. The predicted octanol–water partition coefficient (Wildman–Crippen LogP) is 2.86. The molecule has 6 heteroatoms. The molecule has 0 unspecified atom stereocenters. The van der Waals surface area contributed by atoms with Crippen molar-refractivity contribution in [2.45, 2.75) is 31.1 Å². The third-order valence-electron chi connectivity index (χ3n) is 4.73. The Balaban J connectivity index is 1.83. The summed E-state index contributed by atoms with van der Waals surface area (Å²) in [5.74, 6) is -0.106. The predicted molar refractivity (Wildman–Crippen MR) is 98.8 cm³/mol. The number of nitrogens with zero attached hydrogens (tertiary/aromatic N) is 2. The van der Waals surface area contributed by atoms with Crippen molar-refractivity contribution < 1.29 is 13.2 Å². The second-order valence-electron chi connectivity index (χ2n) is 6.38. The van der Waals surface area contributed by atoms with Crippen LogP contribution < -0.4 is 0 Å². The molecule has 0 aromatic heterocycles. The standard InChI is InChI=1S/C19H24N2O3S/c1-2-21(15-19(22)20-12-6-3-7-13-20)25(23,24)18-11-10-16-8-4-5-9-17(16)14-18/h4-5,8-11,14H,2-3,6-7,12-13,15H2,1H3. The van der Waals surface area contributed by atoms with E-state index in [-0.39, 0.29) is 23.9 Å². The van der Waals surface area contributed by atoms with Gasteiger partial charge >= 0.3 is 0 Å². The van der Waals surface area contributed by atoms with Crippen LogP contribution in [0, 0.1) is 0 Å². The fraction of sp³-hybridized carbons (Fsp3) is 0.421. The van der Waals surface area contributed by atoms with Gasteiger partial charge in [0.2, 0.25) is 15.9 Å². The molecule has 0 saturated carbocycles. The number of piperidine rings is 1. The summed E-state index contributed by atoms with van der Waals surface area (Å²) in [6.45, 7) is 3.40. The summed E-state index contributed by atoms with van der Waals surface area (Å²) in [6.07, 6.45) is 3.13. The average molecular weight is 360 g/mol. The first-order valence-electron chi connectivity index (χ1n) is 8.79. The van der Waals surface area contributed by atoms with E-state index in [2.05, 4.69) is 0 Å². The summed E-state index contributed by atoms with van der Waals surface area (Å²) in [5.41, 5.74) is 0. The zero-order valence-electron chi connectivity index (χ0n) is 14.5. The largest absolute Gasteiger partial charge is 0.342 e. The third kappa shape index (κ3) is 3.85. The van der Waals surface area contributed by atoms with Gasteiger partial charge in [-0.15, -0.1) is 0 Å². The molecule has 0 atom stereocenters. The highest BCUT2D eigenvalue weighted by molar-refractivity contribution is 7.89. The van der Waals surface area contributed by atoms with E-state index in [1.54, 1.807) is 24.0 Å². The highest BCUT2D eigenvalue weighted by Gasteiger charge is 2.27. The minimum atomic E-state index is -3.69. The molecule has 25 heavy (non-hydrogen) atoms. The summed E-state index contributed by atoms with van der Waals surface area (Å²) in [7, 11) is -3.69. The van der Waals surface area contributed by atoms with Crippen LogP contribution in [0.1, 0.15) is 26.2 Å². The van der Waals surface area contributed by atoms with Crippen LogP contribution >= 0.6 is 0 Å². The Kier molecular flexibility index (Phi) is 5.39. The second kappa shape index (κ2) is 7.54. The first-order chi connectivity index (χ1) is 12.0. The van der Waals surface area contributed by atoms with Crippen molar-refractivity contribution in [2.24, 2.45) is 0 Å². The average Bonchev–Trinajstić information content (AvgIpc) is 2.66. The van der Waals surface area contributed by atoms with Crippen molar-refractivity contribution in [1.29, 1.82) is 0 Å². The smallest absolute Gasteiger partial charge is 0.243 e. The van der Waals surface area contributed by atoms with Crippen LogP contribution in [0.15, 0.2) is 47.4 Å². The number of amides is 1. The van der Waals surface area contributed by atoms with Gasteiger partial charge in [-0.05, 0) is 42.2 Å². The number of hydrogen-bond donors (Lipinski definition) is 0. The van der Waals surface area contributed by atoms with Crippen LogP contribution in [-0.2, 0) is 14.8 Å². The maximum Gasteiger partial charge on any atom is 0.243 e. The highest BCUT2D eigenvalue weighted by atomic mass is 32.2. The number of carbonyl (C=O) groups is 1. The molecule has 0 bridgehead atoms. The number of benzene rings is 2. The summed E-state index contributed by atoms with van der Waals surface area (Å²) >= 11 is 0. The van der Waals surface area contributed by atoms with Crippen LogP contribution in [0.5, 0.6) is 0 Å². The lowest BCUT2D eigenvalue weighted by molar-refractivity contribution is -0.132. The molecule has 0 spiro atoms. The van der Waals surface area contributed by atoms with Gasteiger partial charge in [0, 0.05) is 19.6 Å². The zero-order valence-corrected chi connectivity index (χ0v) is 15.3. The summed E-state index contributed by atoms with van der Waals surface area (Å²) < 4.78 is 27.2. The molecule has 1 heterocycles. The lowest BCUT2D eigenvalue weighted by Gasteiger charge is -2.29. The summed E-state index contributed by atoms with van der Waals surface area (Å²) in [6, 6.07) is 12.8. The summed E-state index contributed by atoms with van der Waals surface area (Å²) in [5, 5.41) is 1.87. The van der Waals surface area contributed by atoms with Gasteiger partial charge in [-0.25, -0.2) is 8.42 Å². The van der Waals surface area contributed by atoms with Crippen LogP contribution in [-0.4, -0.2) is 49.7 Å². The molecular formula is C19H24N2O3S. The fourth-order valence-electron chi connectivity index (χ4n) is 3.24. The molecule has 5 nitrogen and oxygen atoms in total. The van der Waals surface area contributed by atoms with Crippen molar-refractivity contribution in [2.75, 3.05) is 26.2 Å². The van der Waals surface area contributed by atoms with Crippen molar-refractivity contribution in [1.82, 2.24) is 9.21 Å². The SMILES string of the molecule is CCN(CC(=O)N1CCCCC1)S(=O)(=O)c1ccc2ccccc2c1. The molecule has 1 aliphatic rings. The molecule has 1 amide bonds. The van der Waals surface area contributed by atoms with Gasteiger partial charge in [-0.2, -0.15) is 4.31 Å². The zero-order chi connectivity index (χ0) is 17.9. The van der Waals surface area contributed by atoms with Crippen molar-refractivity contribution >= 4 is 26.7 Å². The maximum absolute atomic E-state index is 13.0. The highest BCUT2D eigenvalue weighted by Crippen LogP contribution is 2.22. The minimum Gasteiger partial charge on any atom is -0.342 e. The molecule has 2 aromatic rings. The maximum atomic E-state index is 13.0. The van der Waals surface area contributed by atoms with E-state index in [9.17, 15) is 13.2 Å². The van der Waals surface area contributed by atoms with Crippen LogP contribution in [0.2, 0.25) is 0 Å². The van der Waals surface area contributed by atoms with Gasteiger partial charge in [0.25, 0.3) is 0 Å². The van der Waals surface area contributed by atoms with E-state index >= 15 is 0 Å². The number of carbonyl (C=O) groups excluding carboxylic acids is 1. The Hall–Kier alpha value is -1.92. The van der Waals surface area contributed by atoms with Gasteiger partial charge < -0.3 is 4.90 Å². The first-order valence-corrected chi connectivity index (χ1v) is 10.2. The van der Waals surface area contributed by atoms with Gasteiger partial charge in [-0.3, -0.25) is 4.79 Å². The molecule has 1 aliphatic heterocycles. The monoisotopic (exact) mass is 360 g/mol. The van der Waals surface area contributed by atoms with Gasteiger partial charge in [0.15, 0.2) is 0 Å². The van der Waals surface area contributed by atoms with Gasteiger partial charge in [0.1, 0.15) is 0 Å². The van der Waals surface area contributed by atoms with E-state index in [1.807, 2.05) is 30.3 Å². The van der Waals surface area contributed by atoms with E-state index in [0.717, 1.165) is 43.1 Å². The Morgan fingerprint density at radius 2 is 1.72 bits per heavy atom. The quantitative estimate of drug-likeness (QED) is 0.824. The van der Waals surface area contributed by atoms with Crippen LogP contribution in [0.25, 0.3) is 10.8 Å². The van der Waals surface area contributed by atoms with Crippen LogP contribution in [0.4, 0.5) is 0 Å². The third-order valence-corrected chi connectivity index (χ3v) is 6.65. The number of fused-ring (bicyclic) bond motifs is 1. The minimum absolute atomic E-state index is 0.0916. The van der Waals surface area contributed by atoms with Crippen LogP contribution in [0.3, 0.4) is 0 Å². The Labute approximate surface area is 149 Å². The first kappa shape index (κ1) is 17.9. The number of rotatable bonds is 5. The van der Waals surface area contributed by atoms with E-state index in [1.165, 1.54) is 4.31 Å². The molecule has 0 aliphatic carbocycles. The number of sulfonamides is 1. The molecular weight excluding hydrogens is 336 g/mol. The fourth-order valence-corrected chi connectivity index (χ4v) is 4.67. The number of hydrogen-bond acceptors (Lipinski definition) is 3. The Morgan fingerprint density at radius 3 is 2.40 bits per heavy atom. The summed E-state index contributed by atoms with van der Waals surface area (Å²) in [4.78, 5) is 14.5. The number of likely N-dealkylation sites (N-methyl/N-ethyl adjacent to an activating group) is 1. The molecule has 134 valence electrons. The van der Waals surface area contributed by atoms with E-state index in [4.69, 9.17) is 0 Å². The topological polar surface area (TPSA) is 57.7 Å². The van der Waals surface area contributed by atoms with Crippen molar-refractivity contribution in [3.8, 4) is 0 Å². The molecule has 0 N–H and O–H groups in total. The molecule has 3 rings (SSSR count). The molecule has 1 saturated heterocycles. The van der Waals surface area contributed by atoms with E-state index in [0.29, 0.717) is 0 Å². The van der Waals surface area contributed by atoms with Gasteiger partial charge in [0.05, 0.1) is 11.4 Å². The Bertz CT molecular complexity index is 858. The van der Waals surface area contributed by atoms with Gasteiger partial charge in [-0.1, -0.05) is 37.3 Å². The number of likely N-dealkylation sites (tertiary alicyclic amines) is 1. The van der Waals surface area contributed by atoms with E-state index < -0.39 is 10.0 Å². The van der Waals surface area contributed by atoms with Crippen molar-refractivity contribution in [3.63, 3.8) is 0 Å². The normalized spacial score (nSPS) is 15.7. The van der Waals surface area contributed by atoms with Crippen molar-refractivity contribution in [3.05, 3.63) is 42.5 Å². The molecule has 1 fully saturated rings. The second-order valence-corrected chi connectivity index (χ2v) is 8.32. The molecule has 2 aromatic carbocycles. The molecule has 0 radical (unpaired) electrons. The lowest BCUT2D eigenvalue weighted by atomic mass is 10.1.